The van der Waals surface area contributed by atoms with Crippen molar-refractivity contribution in [2.45, 2.75) is 59.5 Å². The monoisotopic (exact) mass is 264 g/mol. The normalized spacial score (nSPS) is 15.1. The van der Waals surface area contributed by atoms with E-state index < -0.39 is 6.10 Å². The van der Waals surface area contributed by atoms with E-state index in [1.54, 1.807) is 0 Å². The Kier molecular flexibility index (Phi) is 5.42. The molecule has 2 atom stereocenters. The van der Waals surface area contributed by atoms with Crippen molar-refractivity contribution in [1.29, 1.82) is 0 Å². The third-order valence-corrected chi connectivity index (χ3v) is 3.75. The molecule has 108 valence electrons. The van der Waals surface area contributed by atoms with E-state index in [0.29, 0.717) is 6.61 Å². The Morgan fingerprint density at radius 2 is 1.89 bits per heavy atom. The summed E-state index contributed by atoms with van der Waals surface area (Å²) in [6, 6.07) is 6.29. The summed E-state index contributed by atoms with van der Waals surface area (Å²) in [5.74, 6) is 1.14. The zero-order chi connectivity index (χ0) is 14.6. The van der Waals surface area contributed by atoms with Crippen LogP contribution >= 0.6 is 0 Å². The summed E-state index contributed by atoms with van der Waals surface area (Å²) in [6.07, 6.45) is 0.568. The molecule has 0 aromatic heterocycles. The quantitative estimate of drug-likeness (QED) is 0.868. The van der Waals surface area contributed by atoms with E-state index in [4.69, 9.17) is 4.74 Å². The van der Waals surface area contributed by atoms with Crippen molar-refractivity contribution < 1.29 is 9.84 Å². The molecule has 0 bridgehead atoms. The first-order chi connectivity index (χ1) is 8.75. The molecule has 1 N–H and O–H groups in total. The van der Waals surface area contributed by atoms with Crippen molar-refractivity contribution in [3.63, 3.8) is 0 Å². The number of aliphatic hydroxyl groups is 1. The minimum atomic E-state index is -0.397. The molecule has 1 rings (SSSR count). The van der Waals surface area contributed by atoms with Gasteiger partial charge < -0.3 is 9.84 Å². The van der Waals surface area contributed by atoms with Gasteiger partial charge in [-0.2, -0.15) is 0 Å². The number of aliphatic hydroxyl groups excluding tert-OH is 1. The van der Waals surface area contributed by atoms with Crippen LogP contribution in [-0.4, -0.2) is 17.8 Å². The lowest BCUT2D eigenvalue weighted by Gasteiger charge is -2.22. The Balaban J connectivity index is 2.71. The standard InChI is InChI=1S/C17H28O2/c1-7-12(2)15(18)11-19-16-9-8-14(10-13(16)3)17(4,5)6/h8-10,12,15,18H,7,11H2,1-6H3. The van der Waals surface area contributed by atoms with Crippen molar-refractivity contribution in [1.82, 2.24) is 0 Å². The van der Waals surface area contributed by atoms with Crippen molar-refractivity contribution >= 4 is 0 Å². The number of rotatable bonds is 5. The van der Waals surface area contributed by atoms with E-state index in [1.807, 2.05) is 13.0 Å². The van der Waals surface area contributed by atoms with Crippen LogP contribution in [0.1, 0.15) is 52.2 Å². The van der Waals surface area contributed by atoms with Gasteiger partial charge in [0.15, 0.2) is 0 Å². The van der Waals surface area contributed by atoms with E-state index in [-0.39, 0.29) is 11.3 Å². The molecule has 1 aromatic carbocycles. The molecular formula is C17H28O2. The summed E-state index contributed by atoms with van der Waals surface area (Å²) in [7, 11) is 0. The van der Waals surface area contributed by atoms with Gasteiger partial charge in [0, 0.05) is 0 Å². The second-order valence-corrected chi connectivity index (χ2v) is 6.49. The second-order valence-electron chi connectivity index (χ2n) is 6.49. The first-order valence-corrected chi connectivity index (χ1v) is 7.17. The van der Waals surface area contributed by atoms with Gasteiger partial charge in [0.25, 0.3) is 0 Å². The maximum Gasteiger partial charge on any atom is 0.122 e. The number of hydrogen-bond acceptors (Lipinski definition) is 2. The van der Waals surface area contributed by atoms with E-state index >= 15 is 0 Å². The van der Waals surface area contributed by atoms with Gasteiger partial charge in [-0.1, -0.05) is 53.2 Å². The summed E-state index contributed by atoms with van der Waals surface area (Å²) < 4.78 is 5.74. The summed E-state index contributed by atoms with van der Waals surface area (Å²) in [4.78, 5) is 0. The van der Waals surface area contributed by atoms with Crippen molar-refractivity contribution in [3.8, 4) is 5.75 Å². The predicted molar refractivity (Wildman–Crippen MR) is 80.8 cm³/mol. The topological polar surface area (TPSA) is 29.5 Å². The molecule has 0 saturated carbocycles. The van der Waals surface area contributed by atoms with Crippen LogP contribution in [0.15, 0.2) is 18.2 Å². The Bertz CT molecular complexity index is 404. The third-order valence-electron chi connectivity index (χ3n) is 3.75. The number of ether oxygens (including phenoxy) is 1. The zero-order valence-corrected chi connectivity index (χ0v) is 13.2. The molecule has 0 amide bonds. The molecule has 0 fully saturated rings. The van der Waals surface area contributed by atoms with Gasteiger partial charge in [-0.15, -0.1) is 0 Å². The molecule has 0 aliphatic carbocycles. The highest BCUT2D eigenvalue weighted by molar-refractivity contribution is 5.38. The Hall–Kier alpha value is -1.02. The van der Waals surface area contributed by atoms with Gasteiger partial charge in [-0.05, 0) is 35.4 Å². The van der Waals surface area contributed by atoms with E-state index in [9.17, 15) is 5.11 Å². The van der Waals surface area contributed by atoms with Crippen LogP contribution in [0.3, 0.4) is 0 Å². The lowest BCUT2D eigenvalue weighted by Crippen LogP contribution is -2.25. The molecule has 2 heteroatoms. The summed E-state index contributed by atoms with van der Waals surface area (Å²) in [5, 5.41) is 9.93. The fourth-order valence-electron chi connectivity index (χ4n) is 1.89. The molecule has 2 nitrogen and oxygen atoms in total. The molecule has 19 heavy (non-hydrogen) atoms. The number of benzene rings is 1. The Morgan fingerprint density at radius 1 is 1.26 bits per heavy atom. The van der Waals surface area contributed by atoms with Gasteiger partial charge in [-0.25, -0.2) is 0 Å². The molecule has 0 aliphatic rings. The average Bonchev–Trinajstić information content (AvgIpc) is 2.34. The molecule has 0 radical (unpaired) electrons. The summed E-state index contributed by atoms with van der Waals surface area (Å²) >= 11 is 0. The van der Waals surface area contributed by atoms with Crippen LogP contribution in [-0.2, 0) is 5.41 Å². The average molecular weight is 264 g/mol. The Labute approximate surface area is 117 Å². The maximum absolute atomic E-state index is 9.93. The summed E-state index contributed by atoms with van der Waals surface area (Å²) in [5.41, 5.74) is 2.59. The molecule has 1 aromatic rings. The van der Waals surface area contributed by atoms with Gasteiger partial charge in [-0.3, -0.25) is 0 Å². The van der Waals surface area contributed by atoms with E-state index in [1.165, 1.54) is 5.56 Å². The zero-order valence-electron chi connectivity index (χ0n) is 13.2. The molecule has 0 heterocycles. The predicted octanol–water partition coefficient (Wildman–Crippen LogP) is 4.08. The molecule has 0 spiro atoms. The fourth-order valence-corrected chi connectivity index (χ4v) is 1.89. The number of hydrogen-bond donors (Lipinski definition) is 1. The van der Waals surface area contributed by atoms with Crippen LogP contribution < -0.4 is 4.74 Å². The minimum Gasteiger partial charge on any atom is -0.491 e. The molecule has 0 aliphatic heterocycles. The van der Waals surface area contributed by atoms with Gasteiger partial charge >= 0.3 is 0 Å². The van der Waals surface area contributed by atoms with Crippen molar-refractivity contribution in [2.75, 3.05) is 6.61 Å². The SMILES string of the molecule is CCC(C)C(O)COc1ccc(C(C)(C)C)cc1C. The first kappa shape index (κ1) is 16.0. The van der Waals surface area contributed by atoms with Crippen LogP contribution in [0, 0.1) is 12.8 Å². The molecule has 0 saturated heterocycles. The summed E-state index contributed by atoms with van der Waals surface area (Å²) in [6.45, 7) is 13.2. The van der Waals surface area contributed by atoms with Gasteiger partial charge in [0.05, 0.1) is 6.10 Å². The lowest BCUT2D eigenvalue weighted by molar-refractivity contribution is 0.0619. The Morgan fingerprint density at radius 3 is 2.37 bits per heavy atom. The van der Waals surface area contributed by atoms with Crippen LogP contribution in [0.4, 0.5) is 0 Å². The highest BCUT2D eigenvalue weighted by atomic mass is 16.5. The van der Waals surface area contributed by atoms with Crippen LogP contribution in [0.5, 0.6) is 5.75 Å². The lowest BCUT2D eigenvalue weighted by atomic mass is 9.86. The van der Waals surface area contributed by atoms with E-state index in [2.05, 4.69) is 46.8 Å². The molecule has 2 unspecified atom stereocenters. The second kappa shape index (κ2) is 6.42. The van der Waals surface area contributed by atoms with Crippen LogP contribution in [0.2, 0.25) is 0 Å². The van der Waals surface area contributed by atoms with E-state index in [0.717, 1.165) is 17.7 Å². The maximum atomic E-state index is 9.93. The van der Waals surface area contributed by atoms with Gasteiger partial charge in [0.2, 0.25) is 0 Å². The van der Waals surface area contributed by atoms with Gasteiger partial charge in [0.1, 0.15) is 12.4 Å². The third kappa shape index (κ3) is 4.54. The highest BCUT2D eigenvalue weighted by Gasteiger charge is 2.16. The first-order valence-electron chi connectivity index (χ1n) is 7.17. The fraction of sp³-hybridized carbons (Fsp3) is 0.647. The van der Waals surface area contributed by atoms with Crippen molar-refractivity contribution in [3.05, 3.63) is 29.3 Å². The van der Waals surface area contributed by atoms with Crippen molar-refractivity contribution in [2.24, 2.45) is 5.92 Å². The number of aryl methyl sites for hydroxylation is 1. The highest BCUT2D eigenvalue weighted by Crippen LogP contribution is 2.27. The smallest absolute Gasteiger partial charge is 0.122 e. The largest absolute Gasteiger partial charge is 0.491 e. The molecular weight excluding hydrogens is 236 g/mol. The van der Waals surface area contributed by atoms with Crippen LogP contribution in [0.25, 0.3) is 0 Å². The minimum absolute atomic E-state index is 0.152.